The van der Waals surface area contributed by atoms with E-state index in [2.05, 4.69) is 4.98 Å². The molecule has 0 aliphatic carbocycles. The van der Waals surface area contributed by atoms with E-state index in [-0.39, 0.29) is 6.42 Å². The van der Waals surface area contributed by atoms with Gasteiger partial charge < -0.3 is 9.84 Å². The van der Waals surface area contributed by atoms with Crippen molar-refractivity contribution in [2.75, 3.05) is 0 Å². The van der Waals surface area contributed by atoms with Crippen LogP contribution in [0.15, 0.2) is 54.9 Å². The number of hydrogen-bond donors (Lipinski definition) is 1. The van der Waals surface area contributed by atoms with Crippen molar-refractivity contribution < 1.29 is 14.6 Å². The molecule has 1 aromatic carbocycles. The molecule has 1 N–H and O–H groups in total. The number of pyridine rings is 1. The molecular weight excluding hydrogens is 278 g/mol. The van der Waals surface area contributed by atoms with Crippen LogP contribution < -0.4 is 0 Å². The van der Waals surface area contributed by atoms with E-state index in [4.69, 9.17) is 4.74 Å². The van der Waals surface area contributed by atoms with Crippen molar-refractivity contribution in [1.29, 1.82) is 0 Å². The summed E-state index contributed by atoms with van der Waals surface area (Å²) in [7, 11) is 0. The molecule has 0 bridgehead atoms. The van der Waals surface area contributed by atoms with Gasteiger partial charge in [0.25, 0.3) is 0 Å². The Morgan fingerprint density at radius 3 is 2.27 bits per heavy atom. The molecule has 0 fully saturated rings. The number of rotatable bonds is 4. The first-order valence-electron chi connectivity index (χ1n) is 7.21. The monoisotopic (exact) mass is 299 g/mol. The smallest absolute Gasteiger partial charge is 0.309 e. The Balaban J connectivity index is 2.37. The second-order valence-electron chi connectivity index (χ2n) is 6.23. The first-order valence-corrected chi connectivity index (χ1v) is 7.21. The van der Waals surface area contributed by atoms with Crippen LogP contribution in [0, 0.1) is 0 Å². The van der Waals surface area contributed by atoms with E-state index in [9.17, 15) is 9.90 Å². The van der Waals surface area contributed by atoms with E-state index in [0.717, 1.165) is 0 Å². The molecule has 0 radical (unpaired) electrons. The minimum atomic E-state index is -1.46. The van der Waals surface area contributed by atoms with Gasteiger partial charge in [-0.3, -0.25) is 9.78 Å². The molecule has 1 aromatic heterocycles. The van der Waals surface area contributed by atoms with Crippen LogP contribution in [-0.4, -0.2) is 21.7 Å². The summed E-state index contributed by atoms with van der Waals surface area (Å²) < 4.78 is 5.36. The van der Waals surface area contributed by atoms with E-state index >= 15 is 0 Å². The summed E-state index contributed by atoms with van der Waals surface area (Å²) in [6, 6.07) is 12.6. The third kappa shape index (κ3) is 3.92. The maximum absolute atomic E-state index is 12.2. The summed E-state index contributed by atoms with van der Waals surface area (Å²) in [5.74, 6) is -0.456. The van der Waals surface area contributed by atoms with Crippen LogP contribution in [0.4, 0.5) is 0 Å². The Hall–Kier alpha value is -2.20. The van der Waals surface area contributed by atoms with Gasteiger partial charge in [0.1, 0.15) is 11.2 Å². The fourth-order valence-corrected chi connectivity index (χ4v) is 2.28. The lowest BCUT2D eigenvalue weighted by molar-refractivity contribution is -0.159. The van der Waals surface area contributed by atoms with E-state index in [0.29, 0.717) is 11.1 Å². The fourth-order valence-electron chi connectivity index (χ4n) is 2.28. The summed E-state index contributed by atoms with van der Waals surface area (Å²) in [6.45, 7) is 5.41. The highest BCUT2D eigenvalue weighted by Crippen LogP contribution is 2.33. The normalized spacial score (nSPS) is 14.2. The second kappa shape index (κ2) is 6.28. The van der Waals surface area contributed by atoms with Gasteiger partial charge in [-0.2, -0.15) is 0 Å². The molecule has 0 spiro atoms. The van der Waals surface area contributed by atoms with Crippen LogP contribution in [0.1, 0.15) is 38.3 Å². The molecule has 4 heteroatoms. The number of nitrogens with zero attached hydrogens (tertiary/aromatic N) is 1. The number of benzene rings is 1. The van der Waals surface area contributed by atoms with Gasteiger partial charge in [-0.05, 0) is 32.4 Å². The number of ether oxygens (including phenoxy) is 1. The SMILES string of the molecule is CC(C)(C)OC(=O)CC(O)(c1ccccc1)c1cccnc1. The highest BCUT2D eigenvalue weighted by molar-refractivity contribution is 5.72. The largest absolute Gasteiger partial charge is 0.460 e. The molecular formula is C18H21NO3. The van der Waals surface area contributed by atoms with Crippen molar-refractivity contribution in [1.82, 2.24) is 4.98 Å². The third-order valence-electron chi connectivity index (χ3n) is 3.21. The van der Waals surface area contributed by atoms with Crippen LogP contribution >= 0.6 is 0 Å². The average Bonchev–Trinajstić information content (AvgIpc) is 2.47. The second-order valence-corrected chi connectivity index (χ2v) is 6.23. The first kappa shape index (κ1) is 16.2. The maximum atomic E-state index is 12.2. The summed E-state index contributed by atoms with van der Waals surface area (Å²) in [5.41, 5.74) is -0.859. The summed E-state index contributed by atoms with van der Waals surface area (Å²) >= 11 is 0. The standard InChI is InChI=1S/C18H21NO3/c1-17(2,3)22-16(20)12-18(21,14-8-5-4-6-9-14)15-10-7-11-19-13-15/h4-11,13,21H,12H2,1-3H3. The van der Waals surface area contributed by atoms with E-state index < -0.39 is 17.2 Å². The minimum Gasteiger partial charge on any atom is -0.460 e. The molecule has 2 aromatic rings. The number of aromatic nitrogens is 1. The number of hydrogen-bond acceptors (Lipinski definition) is 4. The van der Waals surface area contributed by atoms with Crippen molar-refractivity contribution >= 4 is 5.97 Å². The van der Waals surface area contributed by atoms with E-state index in [1.165, 1.54) is 0 Å². The number of esters is 1. The van der Waals surface area contributed by atoms with Gasteiger partial charge >= 0.3 is 5.97 Å². The Kier molecular flexibility index (Phi) is 4.62. The molecule has 1 heterocycles. The number of carbonyl (C=O) groups excluding carboxylic acids is 1. The molecule has 2 rings (SSSR count). The van der Waals surface area contributed by atoms with Crippen molar-refractivity contribution in [2.45, 2.75) is 38.4 Å². The molecule has 0 aliphatic heterocycles. The number of carbonyl (C=O) groups is 1. The van der Waals surface area contributed by atoms with Gasteiger partial charge in [0, 0.05) is 18.0 Å². The highest BCUT2D eigenvalue weighted by Gasteiger charge is 2.36. The van der Waals surface area contributed by atoms with E-state index in [1.807, 2.05) is 18.2 Å². The zero-order valence-corrected chi connectivity index (χ0v) is 13.1. The predicted octanol–water partition coefficient (Wildman–Crippen LogP) is 3.05. The summed E-state index contributed by atoms with van der Waals surface area (Å²) in [6.07, 6.45) is 3.03. The van der Waals surface area contributed by atoms with Crippen molar-refractivity contribution in [3.63, 3.8) is 0 Å². The molecule has 116 valence electrons. The zero-order valence-electron chi connectivity index (χ0n) is 13.1. The van der Waals surface area contributed by atoms with Crippen molar-refractivity contribution in [3.05, 3.63) is 66.0 Å². The van der Waals surface area contributed by atoms with Gasteiger partial charge in [-0.1, -0.05) is 36.4 Å². The number of aliphatic hydroxyl groups is 1. The third-order valence-corrected chi connectivity index (χ3v) is 3.21. The lowest BCUT2D eigenvalue weighted by atomic mass is 9.84. The lowest BCUT2D eigenvalue weighted by Crippen LogP contribution is -2.34. The Morgan fingerprint density at radius 1 is 1.09 bits per heavy atom. The Labute approximate surface area is 130 Å². The van der Waals surface area contributed by atoms with Gasteiger partial charge in [0.2, 0.25) is 0 Å². The summed E-state index contributed by atoms with van der Waals surface area (Å²) in [4.78, 5) is 16.3. The average molecular weight is 299 g/mol. The molecule has 0 saturated heterocycles. The zero-order chi connectivity index (χ0) is 16.2. The molecule has 22 heavy (non-hydrogen) atoms. The minimum absolute atomic E-state index is 0.167. The highest BCUT2D eigenvalue weighted by atomic mass is 16.6. The quantitative estimate of drug-likeness (QED) is 0.882. The first-order chi connectivity index (χ1) is 10.3. The Bertz CT molecular complexity index is 578. The molecule has 1 unspecified atom stereocenters. The topological polar surface area (TPSA) is 59.4 Å². The van der Waals surface area contributed by atoms with Gasteiger partial charge in [-0.15, -0.1) is 0 Å². The Morgan fingerprint density at radius 2 is 1.73 bits per heavy atom. The van der Waals surface area contributed by atoms with Crippen LogP contribution in [0.3, 0.4) is 0 Å². The van der Waals surface area contributed by atoms with Gasteiger partial charge in [0.05, 0.1) is 6.42 Å². The molecule has 0 aliphatic rings. The van der Waals surface area contributed by atoms with E-state index in [1.54, 1.807) is 57.4 Å². The van der Waals surface area contributed by atoms with Crippen molar-refractivity contribution in [3.8, 4) is 0 Å². The molecule has 0 amide bonds. The molecule has 4 nitrogen and oxygen atoms in total. The van der Waals surface area contributed by atoms with Crippen LogP contribution in [0.5, 0.6) is 0 Å². The van der Waals surface area contributed by atoms with Crippen LogP contribution in [0.2, 0.25) is 0 Å². The fraction of sp³-hybridized carbons (Fsp3) is 0.333. The predicted molar refractivity (Wildman–Crippen MR) is 84.1 cm³/mol. The van der Waals surface area contributed by atoms with Crippen LogP contribution in [-0.2, 0) is 15.1 Å². The molecule has 0 saturated carbocycles. The summed E-state index contributed by atoms with van der Waals surface area (Å²) in [5, 5.41) is 11.2. The molecule has 1 atom stereocenters. The lowest BCUT2D eigenvalue weighted by Gasteiger charge is -2.30. The van der Waals surface area contributed by atoms with Crippen molar-refractivity contribution in [2.24, 2.45) is 0 Å². The van der Waals surface area contributed by atoms with Gasteiger partial charge in [0.15, 0.2) is 0 Å². The van der Waals surface area contributed by atoms with Gasteiger partial charge in [-0.25, -0.2) is 0 Å². The van der Waals surface area contributed by atoms with Crippen LogP contribution in [0.25, 0.3) is 0 Å². The maximum Gasteiger partial charge on any atom is 0.309 e.